The van der Waals surface area contributed by atoms with Crippen LogP contribution >= 0.6 is 0 Å². The predicted molar refractivity (Wildman–Crippen MR) is 69.0 cm³/mol. The number of carboxylic acid groups (broad SMARTS) is 1. The molecule has 104 valence electrons. The molecule has 2 N–H and O–H groups in total. The maximum Gasteiger partial charge on any atom is 0.314 e. The van der Waals surface area contributed by atoms with Crippen LogP contribution in [0.4, 0.5) is 0 Å². The van der Waals surface area contributed by atoms with E-state index in [1.165, 1.54) is 18.2 Å². The fraction of sp³-hybridized carbons (Fsp3) is 0.462. The molecule has 0 atom stereocenters. The van der Waals surface area contributed by atoms with Crippen LogP contribution in [0.25, 0.3) is 0 Å². The maximum atomic E-state index is 11.5. The number of rotatable bonds is 3. The summed E-state index contributed by atoms with van der Waals surface area (Å²) in [6, 6.07) is 4.05. The lowest BCUT2D eigenvalue weighted by atomic mass is 9.79. The highest BCUT2D eigenvalue weighted by Gasteiger charge is 2.43. The molecule has 1 aliphatic rings. The number of aliphatic carboxylic acids is 1. The molecule has 0 aliphatic heterocycles. The second-order valence-corrected chi connectivity index (χ2v) is 7.03. The second kappa shape index (κ2) is 4.52. The van der Waals surface area contributed by atoms with E-state index in [0.29, 0.717) is 18.4 Å². The van der Waals surface area contributed by atoms with Crippen molar-refractivity contribution in [2.45, 2.75) is 36.0 Å². The van der Waals surface area contributed by atoms with Crippen LogP contribution in [0.3, 0.4) is 0 Å². The van der Waals surface area contributed by atoms with Gasteiger partial charge in [0.05, 0.1) is 5.41 Å². The molecule has 1 saturated carbocycles. The number of phenols is 1. The monoisotopic (exact) mass is 284 g/mol. The Morgan fingerprint density at radius 2 is 1.84 bits per heavy atom. The molecule has 0 saturated heterocycles. The summed E-state index contributed by atoms with van der Waals surface area (Å²) in [6.07, 6.45) is 3.67. The van der Waals surface area contributed by atoms with Gasteiger partial charge in [0.1, 0.15) is 10.6 Å². The second-order valence-electron chi connectivity index (χ2n) is 5.05. The molecule has 5 nitrogen and oxygen atoms in total. The highest BCUT2D eigenvalue weighted by molar-refractivity contribution is 7.90. The Kier molecular flexibility index (Phi) is 3.30. The van der Waals surface area contributed by atoms with Gasteiger partial charge in [-0.05, 0) is 30.5 Å². The van der Waals surface area contributed by atoms with Gasteiger partial charge < -0.3 is 10.2 Å². The van der Waals surface area contributed by atoms with E-state index >= 15 is 0 Å². The van der Waals surface area contributed by atoms with Crippen LogP contribution in [0.1, 0.15) is 31.2 Å². The molecule has 0 amide bonds. The van der Waals surface area contributed by atoms with Gasteiger partial charge in [-0.25, -0.2) is 8.42 Å². The van der Waals surface area contributed by atoms with Gasteiger partial charge in [0.2, 0.25) is 0 Å². The molecule has 0 aromatic heterocycles. The Bertz CT molecular complexity index is 612. The van der Waals surface area contributed by atoms with Crippen molar-refractivity contribution in [3.05, 3.63) is 23.8 Å². The first-order valence-electron chi connectivity index (χ1n) is 6.04. The van der Waals surface area contributed by atoms with Gasteiger partial charge in [0.25, 0.3) is 0 Å². The van der Waals surface area contributed by atoms with E-state index in [-0.39, 0.29) is 10.6 Å². The molecule has 1 aromatic carbocycles. The van der Waals surface area contributed by atoms with Crippen molar-refractivity contribution in [3.63, 3.8) is 0 Å². The summed E-state index contributed by atoms with van der Waals surface area (Å²) in [6.45, 7) is 0. The smallest absolute Gasteiger partial charge is 0.314 e. The molecule has 0 heterocycles. The van der Waals surface area contributed by atoms with Crippen LogP contribution < -0.4 is 0 Å². The van der Waals surface area contributed by atoms with Crippen LogP contribution in [0, 0.1) is 0 Å². The summed E-state index contributed by atoms with van der Waals surface area (Å²) in [7, 11) is -3.51. The standard InChI is InChI=1S/C13H16O5S/c1-19(17,18)11-5-4-9(8-10(11)14)13(12(15)16)6-2-3-7-13/h4-5,8,14H,2-3,6-7H2,1H3,(H,15,16). The highest BCUT2D eigenvalue weighted by Crippen LogP contribution is 2.43. The highest BCUT2D eigenvalue weighted by atomic mass is 32.2. The van der Waals surface area contributed by atoms with Crippen LogP contribution in [-0.2, 0) is 20.0 Å². The fourth-order valence-corrected chi connectivity index (χ4v) is 3.49. The van der Waals surface area contributed by atoms with Gasteiger partial charge in [-0.15, -0.1) is 0 Å². The van der Waals surface area contributed by atoms with E-state index in [9.17, 15) is 23.4 Å². The minimum atomic E-state index is -3.51. The van der Waals surface area contributed by atoms with Crippen molar-refractivity contribution in [2.24, 2.45) is 0 Å². The molecule has 6 heteroatoms. The number of sulfone groups is 1. The average Bonchev–Trinajstić information content (AvgIpc) is 2.77. The Hall–Kier alpha value is -1.56. The van der Waals surface area contributed by atoms with Crippen LogP contribution in [-0.4, -0.2) is 30.9 Å². The van der Waals surface area contributed by atoms with Crippen molar-refractivity contribution in [1.29, 1.82) is 0 Å². The molecular formula is C13H16O5S. The first kappa shape index (κ1) is 13.9. The van der Waals surface area contributed by atoms with Crippen LogP contribution in [0.2, 0.25) is 0 Å². The summed E-state index contributed by atoms with van der Waals surface area (Å²) >= 11 is 0. The van der Waals surface area contributed by atoms with E-state index < -0.39 is 21.2 Å². The van der Waals surface area contributed by atoms with E-state index in [2.05, 4.69) is 0 Å². The van der Waals surface area contributed by atoms with Crippen molar-refractivity contribution in [2.75, 3.05) is 6.26 Å². The number of benzene rings is 1. The van der Waals surface area contributed by atoms with Gasteiger partial charge in [0, 0.05) is 6.26 Å². The van der Waals surface area contributed by atoms with Crippen molar-refractivity contribution >= 4 is 15.8 Å². The fourth-order valence-electron chi connectivity index (χ4n) is 2.73. The summed E-state index contributed by atoms with van der Waals surface area (Å²) in [4.78, 5) is 11.3. The Morgan fingerprint density at radius 1 is 1.26 bits per heavy atom. The zero-order valence-electron chi connectivity index (χ0n) is 10.6. The van der Waals surface area contributed by atoms with Gasteiger partial charge in [-0.3, -0.25) is 4.79 Å². The Balaban J connectivity index is 2.53. The van der Waals surface area contributed by atoms with Crippen molar-refractivity contribution < 1.29 is 23.4 Å². The Labute approximate surface area is 111 Å². The van der Waals surface area contributed by atoms with Gasteiger partial charge >= 0.3 is 5.97 Å². The Morgan fingerprint density at radius 3 is 2.26 bits per heavy atom. The predicted octanol–water partition coefficient (Wildman–Crippen LogP) is 1.69. The number of hydrogen-bond donors (Lipinski definition) is 2. The number of carbonyl (C=O) groups is 1. The lowest BCUT2D eigenvalue weighted by Gasteiger charge is -2.24. The summed E-state index contributed by atoms with van der Waals surface area (Å²) < 4.78 is 22.8. The van der Waals surface area contributed by atoms with E-state index in [4.69, 9.17) is 0 Å². The summed E-state index contributed by atoms with van der Waals surface area (Å²) in [5, 5.41) is 19.2. The third kappa shape index (κ3) is 2.32. The quantitative estimate of drug-likeness (QED) is 0.881. The first-order valence-corrected chi connectivity index (χ1v) is 7.93. The van der Waals surface area contributed by atoms with Crippen LogP contribution in [0.5, 0.6) is 5.75 Å². The van der Waals surface area contributed by atoms with E-state index in [0.717, 1.165) is 19.1 Å². The minimum absolute atomic E-state index is 0.171. The number of hydrogen-bond acceptors (Lipinski definition) is 4. The molecule has 0 spiro atoms. The normalized spacial score (nSPS) is 18.4. The lowest BCUT2D eigenvalue weighted by Crippen LogP contribution is -2.32. The third-order valence-corrected chi connectivity index (χ3v) is 4.92. The molecular weight excluding hydrogens is 268 g/mol. The molecule has 0 unspecified atom stereocenters. The number of carboxylic acids is 1. The molecule has 1 aromatic rings. The topological polar surface area (TPSA) is 91.7 Å². The van der Waals surface area contributed by atoms with Crippen molar-refractivity contribution in [1.82, 2.24) is 0 Å². The third-order valence-electron chi connectivity index (χ3n) is 3.78. The number of aromatic hydroxyl groups is 1. The van der Waals surface area contributed by atoms with Gasteiger partial charge in [-0.1, -0.05) is 18.9 Å². The summed E-state index contributed by atoms with van der Waals surface area (Å²) in [5.41, 5.74) is -0.518. The molecule has 0 bridgehead atoms. The lowest BCUT2D eigenvalue weighted by molar-refractivity contribution is -0.143. The zero-order valence-corrected chi connectivity index (χ0v) is 11.4. The van der Waals surface area contributed by atoms with Crippen molar-refractivity contribution in [3.8, 4) is 5.75 Å². The SMILES string of the molecule is CS(=O)(=O)c1ccc(C2(C(=O)O)CCCC2)cc1O. The van der Waals surface area contributed by atoms with E-state index in [1.54, 1.807) is 0 Å². The average molecular weight is 284 g/mol. The first-order chi connectivity index (χ1) is 8.77. The van der Waals surface area contributed by atoms with Crippen LogP contribution in [0.15, 0.2) is 23.1 Å². The summed E-state index contributed by atoms with van der Waals surface area (Å²) in [5.74, 6) is -1.30. The molecule has 19 heavy (non-hydrogen) atoms. The largest absolute Gasteiger partial charge is 0.507 e. The number of phenolic OH excluding ortho intramolecular Hbond substituents is 1. The molecule has 0 radical (unpaired) electrons. The zero-order chi connectivity index (χ0) is 14.3. The minimum Gasteiger partial charge on any atom is -0.507 e. The van der Waals surface area contributed by atoms with Gasteiger partial charge in [0.15, 0.2) is 9.84 Å². The molecule has 2 rings (SSSR count). The molecule has 1 fully saturated rings. The molecule has 1 aliphatic carbocycles. The van der Waals surface area contributed by atoms with E-state index in [1.807, 2.05) is 0 Å². The maximum absolute atomic E-state index is 11.5. The van der Waals surface area contributed by atoms with Gasteiger partial charge in [-0.2, -0.15) is 0 Å².